The van der Waals surface area contributed by atoms with Gasteiger partial charge in [0.25, 0.3) is 0 Å². The van der Waals surface area contributed by atoms with Crippen molar-refractivity contribution >= 4 is 3.26 Å². The number of hydrogen-bond acceptors (Lipinski definition) is 0. The molecule has 1 heteroatoms. The van der Waals surface area contributed by atoms with Gasteiger partial charge in [0.15, 0.2) is 0 Å². The standard InChI is InChI=1S/C21H25.C13H10.C5H5.Hf/c1-20(2,3)16-7-9-18-14(12-16)11-15-13-17(21(4,5)6)8-10-19(15)18;1-3-7-12(8-4-1)11-13-9-5-2-6-10-13;1-2-4-5-3-1;/h7-13H,1-6H3;1-10H;1-3H,4H2;. The second-order valence-electron chi connectivity index (χ2n) is 13.4. The van der Waals surface area contributed by atoms with Gasteiger partial charge in [-0.3, -0.25) is 0 Å². The molecule has 0 fully saturated rings. The van der Waals surface area contributed by atoms with Crippen LogP contribution in [0.4, 0.5) is 0 Å². The third-order valence-electron chi connectivity index (χ3n) is 8.55. The molecule has 0 unspecified atom stereocenters. The maximum atomic E-state index is 2.58. The van der Waals surface area contributed by atoms with Crippen LogP contribution < -0.4 is 0 Å². The normalized spacial score (nSPS) is 14.6. The van der Waals surface area contributed by atoms with Crippen molar-refractivity contribution in [2.24, 2.45) is 0 Å². The van der Waals surface area contributed by atoms with Crippen LogP contribution in [0.2, 0.25) is 0 Å². The van der Waals surface area contributed by atoms with Gasteiger partial charge < -0.3 is 0 Å². The summed E-state index contributed by atoms with van der Waals surface area (Å²) in [6.07, 6.45) is 8.25. The molecule has 40 heavy (non-hydrogen) atoms. The van der Waals surface area contributed by atoms with E-state index in [0.717, 1.165) is 6.42 Å². The monoisotopic (exact) mass is 688 g/mol. The Morgan fingerprint density at radius 3 is 1.50 bits per heavy atom. The van der Waals surface area contributed by atoms with Crippen molar-refractivity contribution in [2.75, 3.05) is 0 Å². The maximum absolute atomic E-state index is 2.90. The van der Waals surface area contributed by atoms with Gasteiger partial charge in [0.05, 0.1) is 0 Å². The summed E-state index contributed by atoms with van der Waals surface area (Å²) in [6.45, 7) is 14.1. The zero-order valence-corrected chi connectivity index (χ0v) is 28.3. The quantitative estimate of drug-likeness (QED) is 0.188. The molecular formula is C39H40Hf. The zero-order chi connectivity index (χ0) is 28.1. The summed E-state index contributed by atoms with van der Waals surface area (Å²) in [4.78, 5) is 0. The second kappa shape index (κ2) is 10.5. The van der Waals surface area contributed by atoms with Gasteiger partial charge in [0.2, 0.25) is 0 Å². The van der Waals surface area contributed by atoms with Crippen molar-refractivity contribution in [3.63, 3.8) is 0 Å². The first-order valence-electron chi connectivity index (χ1n) is 14.6. The molecule has 0 heterocycles. The molecule has 200 valence electrons. The fourth-order valence-corrected chi connectivity index (χ4v) is 19.4. The van der Waals surface area contributed by atoms with E-state index >= 15 is 0 Å². The molecule has 4 aromatic rings. The predicted molar refractivity (Wildman–Crippen MR) is 169 cm³/mol. The van der Waals surface area contributed by atoms with E-state index in [1.54, 1.807) is 17.7 Å². The van der Waals surface area contributed by atoms with Gasteiger partial charge in [-0.2, -0.15) is 0 Å². The first-order valence-corrected chi connectivity index (χ1v) is 20.3. The van der Waals surface area contributed by atoms with Crippen LogP contribution >= 0.6 is 0 Å². The fraction of sp³-hybridized carbons (Fsp3) is 0.256. The number of allylic oxidation sites excluding steroid dienone is 4. The van der Waals surface area contributed by atoms with Crippen molar-refractivity contribution in [3.05, 3.63) is 152 Å². The Balaban J connectivity index is 1.74. The molecule has 2 aliphatic carbocycles. The van der Waals surface area contributed by atoms with Gasteiger partial charge in [-0.1, -0.05) is 0 Å². The Bertz CT molecular complexity index is 1550. The molecule has 0 bridgehead atoms. The van der Waals surface area contributed by atoms with Crippen LogP contribution in [0.5, 0.6) is 0 Å². The Labute approximate surface area is 248 Å². The van der Waals surface area contributed by atoms with Crippen molar-refractivity contribution < 1.29 is 21.0 Å². The molecule has 2 aliphatic rings. The molecule has 0 aliphatic heterocycles. The van der Waals surface area contributed by atoms with Crippen molar-refractivity contribution in [1.82, 2.24) is 0 Å². The van der Waals surface area contributed by atoms with Crippen molar-refractivity contribution in [3.8, 4) is 11.1 Å². The topological polar surface area (TPSA) is 0 Å². The Hall–Kier alpha value is -2.90. The number of rotatable bonds is 4. The first kappa shape index (κ1) is 27.3. The molecule has 4 aromatic carbocycles. The van der Waals surface area contributed by atoms with E-state index in [0.29, 0.717) is 3.67 Å². The predicted octanol–water partition coefficient (Wildman–Crippen LogP) is 10.1. The van der Waals surface area contributed by atoms with Gasteiger partial charge >= 0.3 is 250 Å². The number of fused-ring (bicyclic) bond motifs is 3. The zero-order valence-electron chi connectivity index (χ0n) is 24.8. The Kier molecular flexibility index (Phi) is 7.16. The third-order valence-corrected chi connectivity index (χ3v) is 20.7. The first-order chi connectivity index (χ1) is 19.1. The van der Waals surface area contributed by atoms with Gasteiger partial charge in [0, 0.05) is 0 Å². The van der Waals surface area contributed by atoms with E-state index in [1.165, 1.54) is 33.4 Å². The van der Waals surface area contributed by atoms with Crippen LogP contribution in [0.15, 0.2) is 119 Å². The SMILES string of the molecule is CC(C)(C)c1ccc2c(c1)[CH]([Hf]([C]1=CC=CC1)=[C](c1ccccc1)c1ccccc1)c1cc(C(C)(C)C)ccc1-2. The molecule has 0 saturated carbocycles. The summed E-state index contributed by atoms with van der Waals surface area (Å²) in [5, 5.41) is 0. The summed E-state index contributed by atoms with van der Waals surface area (Å²) < 4.78 is 3.78. The van der Waals surface area contributed by atoms with E-state index in [-0.39, 0.29) is 10.8 Å². The summed E-state index contributed by atoms with van der Waals surface area (Å²) in [5.41, 5.74) is 11.9. The van der Waals surface area contributed by atoms with Crippen LogP contribution in [0.25, 0.3) is 11.1 Å². The Morgan fingerprint density at radius 2 is 1.10 bits per heavy atom. The van der Waals surface area contributed by atoms with Crippen LogP contribution in [-0.2, 0) is 31.8 Å². The fourth-order valence-electron chi connectivity index (χ4n) is 6.33. The van der Waals surface area contributed by atoms with Crippen LogP contribution in [0.1, 0.15) is 85.0 Å². The summed E-state index contributed by atoms with van der Waals surface area (Å²) in [5.74, 6) is 0. The molecule has 0 amide bonds. The third kappa shape index (κ3) is 5.03. The van der Waals surface area contributed by atoms with Gasteiger partial charge in [-0.25, -0.2) is 0 Å². The second-order valence-corrected chi connectivity index (χ2v) is 22.5. The molecule has 6 rings (SSSR count). The van der Waals surface area contributed by atoms with Crippen molar-refractivity contribution in [2.45, 2.75) is 62.5 Å². The molecule has 0 aromatic heterocycles. The van der Waals surface area contributed by atoms with Crippen LogP contribution in [0, 0.1) is 0 Å². The van der Waals surface area contributed by atoms with Crippen LogP contribution in [0.3, 0.4) is 0 Å². The van der Waals surface area contributed by atoms with E-state index in [1.807, 2.05) is 0 Å². The number of benzene rings is 4. The van der Waals surface area contributed by atoms with E-state index in [4.69, 9.17) is 0 Å². The Morgan fingerprint density at radius 1 is 0.625 bits per heavy atom. The molecule has 0 nitrogen and oxygen atoms in total. The summed E-state index contributed by atoms with van der Waals surface area (Å²) in [6, 6.07) is 37.4. The van der Waals surface area contributed by atoms with Crippen molar-refractivity contribution in [1.29, 1.82) is 0 Å². The summed E-state index contributed by atoms with van der Waals surface area (Å²) in [7, 11) is 0. The van der Waals surface area contributed by atoms with Gasteiger partial charge in [-0.15, -0.1) is 0 Å². The summed E-state index contributed by atoms with van der Waals surface area (Å²) >= 11 is -2.90. The average Bonchev–Trinajstić information content (AvgIpc) is 3.58. The molecule has 0 N–H and O–H groups in total. The molecule has 0 radical (unpaired) electrons. The molecular weight excluding hydrogens is 647 g/mol. The number of hydrogen-bond donors (Lipinski definition) is 0. The van der Waals surface area contributed by atoms with Gasteiger partial charge in [-0.05, 0) is 0 Å². The van der Waals surface area contributed by atoms with E-state index < -0.39 is 21.0 Å². The van der Waals surface area contributed by atoms with E-state index in [2.05, 4.69) is 157 Å². The van der Waals surface area contributed by atoms with E-state index in [9.17, 15) is 0 Å². The molecule has 0 atom stereocenters. The minimum atomic E-state index is -2.90. The minimum absolute atomic E-state index is 0.107. The average molecular weight is 687 g/mol. The van der Waals surface area contributed by atoms with Gasteiger partial charge in [0.1, 0.15) is 0 Å². The molecule has 0 saturated heterocycles. The molecule has 0 spiro atoms. The van der Waals surface area contributed by atoms with Crippen LogP contribution in [-0.4, -0.2) is 3.26 Å².